The molecule has 1 aliphatic rings. The first-order chi connectivity index (χ1) is 12.7. The van der Waals surface area contributed by atoms with Crippen molar-refractivity contribution in [3.8, 4) is 0 Å². The molecule has 6 heteroatoms. The number of rotatable bonds is 7. The van der Waals surface area contributed by atoms with Crippen molar-refractivity contribution in [2.75, 3.05) is 19.6 Å². The molecule has 0 radical (unpaired) electrons. The summed E-state index contributed by atoms with van der Waals surface area (Å²) < 4.78 is 0. The Morgan fingerprint density at radius 3 is 2.62 bits per heavy atom. The van der Waals surface area contributed by atoms with Crippen LogP contribution in [0, 0.1) is 4.91 Å². The van der Waals surface area contributed by atoms with E-state index in [-0.39, 0.29) is 11.6 Å². The Kier molecular flexibility index (Phi) is 6.26. The summed E-state index contributed by atoms with van der Waals surface area (Å²) in [5.74, 6) is 0.141. The van der Waals surface area contributed by atoms with E-state index in [1.54, 1.807) is 6.07 Å². The number of nitrogens with zero attached hydrogens (tertiary/aromatic N) is 3. The molecule has 0 bridgehead atoms. The van der Waals surface area contributed by atoms with Gasteiger partial charge in [-0.2, -0.15) is 0 Å². The van der Waals surface area contributed by atoms with Crippen molar-refractivity contribution in [2.24, 2.45) is 5.18 Å². The standard InChI is InChI=1S/C20H20ClN3O2/c21-18-6-3-15(4-7-18)16-9-12-24(13-10-16)11-1-2-19(25)17-5-8-20(23-26)22-14-17/h3-9,14H,1-2,10-13H2. The Morgan fingerprint density at radius 1 is 1.19 bits per heavy atom. The summed E-state index contributed by atoms with van der Waals surface area (Å²) in [6.45, 7) is 2.77. The Hall–Kier alpha value is -2.37. The van der Waals surface area contributed by atoms with Gasteiger partial charge in [-0.25, -0.2) is 4.98 Å². The van der Waals surface area contributed by atoms with Gasteiger partial charge in [0.15, 0.2) is 11.6 Å². The molecular weight excluding hydrogens is 350 g/mol. The van der Waals surface area contributed by atoms with Gasteiger partial charge in [0.1, 0.15) is 0 Å². The fourth-order valence-electron chi connectivity index (χ4n) is 3.05. The zero-order valence-corrected chi connectivity index (χ0v) is 15.2. The maximum absolute atomic E-state index is 12.2. The number of hydrogen-bond donors (Lipinski definition) is 0. The van der Waals surface area contributed by atoms with Crippen LogP contribution < -0.4 is 0 Å². The van der Waals surface area contributed by atoms with Gasteiger partial charge in [0.05, 0.1) is 0 Å². The highest BCUT2D eigenvalue weighted by molar-refractivity contribution is 6.30. The van der Waals surface area contributed by atoms with Crippen LogP contribution in [-0.2, 0) is 0 Å². The molecule has 134 valence electrons. The minimum Gasteiger partial charge on any atom is -0.299 e. The van der Waals surface area contributed by atoms with E-state index in [9.17, 15) is 9.70 Å². The number of aromatic nitrogens is 1. The van der Waals surface area contributed by atoms with Crippen molar-refractivity contribution in [2.45, 2.75) is 19.3 Å². The first-order valence-electron chi connectivity index (χ1n) is 8.65. The third-order valence-electron chi connectivity index (χ3n) is 4.55. The maximum atomic E-state index is 12.2. The molecule has 0 saturated heterocycles. The van der Waals surface area contributed by atoms with Crippen molar-refractivity contribution in [1.29, 1.82) is 0 Å². The quantitative estimate of drug-likeness (QED) is 0.515. The number of carbonyl (C=O) groups excluding carboxylic acids is 1. The molecule has 0 saturated carbocycles. The van der Waals surface area contributed by atoms with E-state index in [0.29, 0.717) is 12.0 Å². The molecule has 5 nitrogen and oxygen atoms in total. The minimum atomic E-state index is 0.0457. The number of benzene rings is 1. The van der Waals surface area contributed by atoms with E-state index in [4.69, 9.17) is 11.6 Å². The minimum absolute atomic E-state index is 0.0457. The summed E-state index contributed by atoms with van der Waals surface area (Å²) in [7, 11) is 0. The predicted molar refractivity (Wildman–Crippen MR) is 104 cm³/mol. The second-order valence-electron chi connectivity index (χ2n) is 6.31. The SMILES string of the molecule is O=Nc1ccc(C(=O)CCCN2CC=C(c3ccc(Cl)cc3)CC2)cn1. The number of carbonyl (C=O) groups is 1. The van der Waals surface area contributed by atoms with Crippen molar-refractivity contribution in [3.63, 3.8) is 0 Å². The van der Waals surface area contributed by atoms with Crippen molar-refractivity contribution >= 4 is 28.8 Å². The van der Waals surface area contributed by atoms with E-state index in [1.807, 2.05) is 12.1 Å². The molecule has 0 N–H and O–H groups in total. The fourth-order valence-corrected chi connectivity index (χ4v) is 3.18. The molecule has 1 aromatic carbocycles. The summed E-state index contributed by atoms with van der Waals surface area (Å²) in [5, 5.41) is 3.49. The Morgan fingerprint density at radius 2 is 2.00 bits per heavy atom. The van der Waals surface area contributed by atoms with E-state index >= 15 is 0 Å². The van der Waals surface area contributed by atoms with Gasteiger partial charge in [0.25, 0.3) is 0 Å². The first kappa shape index (κ1) is 18.4. The van der Waals surface area contributed by atoms with Gasteiger partial charge in [-0.05, 0) is 60.0 Å². The molecule has 0 amide bonds. The third kappa shape index (κ3) is 4.84. The summed E-state index contributed by atoms with van der Waals surface area (Å²) in [6.07, 6.45) is 5.95. The van der Waals surface area contributed by atoms with E-state index in [1.165, 1.54) is 23.4 Å². The van der Waals surface area contributed by atoms with Crippen molar-refractivity contribution in [3.05, 3.63) is 69.7 Å². The second-order valence-corrected chi connectivity index (χ2v) is 6.75. The summed E-state index contributed by atoms with van der Waals surface area (Å²) in [4.78, 5) is 28.7. The van der Waals surface area contributed by atoms with Crippen molar-refractivity contribution < 1.29 is 4.79 Å². The molecule has 26 heavy (non-hydrogen) atoms. The zero-order valence-electron chi connectivity index (χ0n) is 14.4. The van der Waals surface area contributed by atoms with Gasteiger partial charge >= 0.3 is 0 Å². The molecule has 3 rings (SSSR count). The maximum Gasteiger partial charge on any atom is 0.196 e. The largest absolute Gasteiger partial charge is 0.299 e. The second kappa shape index (κ2) is 8.83. The molecule has 1 aromatic heterocycles. The van der Waals surface area contributed by atoms with Crippen LogP contribution in [0.15, 0.2) is 53.8 Å². The average molecular weight is 370 g/mol. The molecule has 0 fully saturated rings. The monoisotopic (exact) mass is 369 g/mol. The number of nitroso groups, excluding NO2 is 1. The van der Waals surface area contributed by atoms with Crippen LogP contribution in [0.4, 0.5) is 5.82 Å². The molecular formula is C20H20ClN3O2. The van der Waals surface area contributed by atoms with Crippen LogP contribution in [0.5, 0.6) is 0 Å². The predicted octanol–water partition coefficient (Wildman–Crippen LogP) is 4.89. The van der Waals surface area contributed by atoms with Gasteiger partial charge in [-0.15, -0.1) is 4.91 Å². The molecule has 0 unspecified atom stereocenters. The van der Waals surface area contributed by atoms with Crippen LogP contribution in [-0.4, -0.2) is 35.3 Å². The van der Waals surface area contributed by atoms with E-state index in [0.717, 1.165) is 37.5 Å². The number of halogens is 1. The van der Waals surface area contributed by atoms with Gasteiger partial charge in [0, 0.05) is 36.3 Å². The highest BCUT2D eigenvalue weighted by Crippen LogP contribution is 2.24. The molecule has 0 atom stereocenters. The normalized spacial score (nSPS) is 14.7. The summed E-state index contributed by atoms with van der Waals surface area (Å²) in [6, 6.07) is 11.0. The molecule has 2 aromatic rings. The Labute approximate surface area is 157 Å². The topological polar surface area (TPSA) is 62.6 Å². The lowest BCUT2D eigenvalue weighted by Gasteiger charge is -2.26. The lowest BCUT2D eigenvalue weighted by atomic mass is 9.99. The summed E-state index contributed by atoms with van der Waals surface area (Å²) in [5.41, 5.74) is 3.11. The van der Waals surface area contributed by atoms with E-state index in [2.05, 4.69) is 33.3 Å². The lowest BCUT2D eigenvalue weighted by Crippen LogP contribution is -2.29. The molecule has 2 heterocycles. The molecule has 0 spiro atoms. The highest BCUT2D eigenvalue weighted by Gasteiger charge is 2.14. The zero-order chi connectivity index (χ0) is 18.4. The number of ketones is 1. The Balaban J connectivity index is 1.45. The van der Waals surface area contributed by atoms with Crippen LogP contribution in [0.1, 0.15) is 35.2 Å². The molecule has 1 aliphatic heterocycles. The van der Waals surface area contributed by atoms with Crippen LogP contribution >= 0.6 is 11.6 Å². The number of hydrogen-bond acceptors (Lipinski definition) is 5. The third-order valence-corrected chi connectivity index (χ3v) is 4.80. The number of Topliss-reactive ketones (excluding diaryl/α,β-unsaturated/α-hetero) is 1. The highest BCUT2D eigenvalue weighted by atomic mass is 35.5. The average Bonchev–Trinajstić information content (AvgIpc) is 2.69. The van der Waals surface area contributed by atoms with Gasteiger partial charge in [-0.1, -0.05) is 29.8 Å². The smallest absolute Gasteiger partial charge is 0.196 e. The van der Waals surface area contributed by atoms with Crippen LogP contribution in [0.2, 0.25) is 5.02 Å². The fraction of sp³-hybridized carbons (Fsp3) is 0.300. The van der Waals surface area contributed by atoms with Crippen LogP contribution in [0.3, 0.4) is 0 Å². The van der Waals surface area contributed by atoms with Crippen LogP contribution in [0.25, 0.3) is 5.57 Å². The van der Waals surface area contributed by atoms with Gasteiger partial charge in [0.2, 0.25) is 0 Å². The van der Waals surface area contributed by atoms with Crippen molar-refractivity contribution in [1.82, 2.24) is 9.88 Å². The lowest BCUT2D eigenvalue weighted by molar-refractivity contribution is 0.0975. The van der Waals surface area contributed by atoms with Gasteiger partial charge < -0.3 is 0 Å². The van der Waals surface area contributed by atoms with Gasteiger partial charge in [-0.3, -0.25) is 9.69 Å². The number of pyridine rings is 1. The first-order valence-corrected chi connectivity index (χ1v) is 9.03. The summed E-state index contributed by atoms with van der Waals surface area (Å²) >= 11 is 5.94. The van der Waals surface area contributed by atoms with E-state index < -0.39 is 0 Å². The Bertz CT molecular complexity index is 801. The molecule has 0 aliphatic carbocycles.